The molecule has 2 aromatic heterocycles. The van der Waals surface area contributed by atoms with Crippen LogP contribution in [0.5, 0.6) is 0 Å². The molecule has 0 spiro atoms. The average molecular weight is 509 g/mol. The first-order valence-corrected chi connectivity index (χ1v) is 15.3. The van der Waals surface area contributed by atoms with Crippen molar-refractivity contribution in [2.24, 2.45) is 0 Å². The van der Waals surface area contributed by atoms with Crippen molar-refractivity contribution in [2.45, 2.75) is 95.1 Å². The molecule has 4 N–H and O–H groups in total. The number of amides is 1. The largest absolute Gasteiger partial charge is 0.356 e. The molecule has 1 fully saturated rings. The van der Waals surface area contributed by atoms with Crippen molar-refractivity contribution < 1.29 is 4.79 Å². The van der Waals surface area contributed by atoms with Crippen LogP contribution in [0.4, 0.5) is 5.95 Å². The van der Waals surface area contributed by atoms with Gasteiger partial charge in [-0.05, 0) is 32.1 Å². The van der Waals surface area contributed by atoms with Crippen molar-refractivity contribution >= 4 is 44.6 Å². The predicted octanol–water partition coefficient (Wildman–Crippen LogP) is 5.40. The summed E-state index contributed by atoms with van der Waals surface area (Å²) in [6, 6.07) is 0. The minimum Gasteiger partial charge on any atom is -0.356 e. The number of imidazole rings is 1. The van der Waals surface area contributed by atoms with Gasteiger partial charge in [0.1, 0.15) is 0 Å². The summed E-state index contributed by atoms with van der Waals surface area (Å²) in [5.74, 6) is 2.02. The van der Waals surface area contributed by atoms with Gasteiger partial charge in [0.15, 0.2) is 11.2 Å². The molecule has 1 amide bonds. The zero-order valence-electron chi connectivity index (χ0n) is 20.2. The molecule has 34 heavy (non-hydrogen) atoms. The van der Waals surface area contributed by atoms with Crippen LogP contribution in [0.25, 0.3) is 11.2 Å². The fraction of sp³-hybridized carbons (Fsp3) is 0.750. The maximum atomic E-state index is 11.9. The Morgan fingerprint density at radius 2 is 1.74 bits per heavy atom. The maximum Gasteiger partial charge on any atom is 0.280 e. The second-order valence-electron chi connectivity index (χ2n) is 9.05. The van der Waals surface area contributed by atoms with Crippen molar-refractivity contribution in [1.29, 1.82) is 0 Å². The Hall–Kier alpha value is -1.68. The van der Waals surface area contributed by atoms with Gasteiger partial charge >= 0.3 is 0 Å². The number of nitrogens with zero attached hydrogens (tertiary/aromatic N) is 2. The Labute approximate surface area is 210 Å². The Kier molecular flexibility index (Phi) is 12.7. The number of unbranched alkanes of at least 4 members (excludes halogenated alkanes) is 9. The Balaban J connectivity index is 1.05. The lowest BCUT2D eigenvalue weighted by molar-refractivity contribution is -0.121. The number of rotatable bonds is 18. The Bertz CT molecular complexity index is 897. The highest BCUT2D eigenvalue weighted by Gasteiger charge is 2.15. The molecular formula is C24H40N6O2S2. The van der Waals surface area contributed by atoms with Gasteiger partial charge < -0.3 is 15.6 Å². The van der Waals surface area contributed by atoms with Gasteiger partial charge in [0.2, 0.25) is 11.9 Å². The summed E-state index contributed by atoms with van der Waals surface area (Å²) in [5.41, 5.74) is 0.630. The molecule has 1 saturated heterocycles. The van der Waals surface area contributed by atoms with Crippen molar-refractivity contribution in [1.82, 2.24) is 25.3 Å². The minimum atomic E-state index is -0.223. The van der Waals surface area contributed by atoms with Crippen LogP contribution in [-0.2, 0) is 4.79 Å². The van der Waals surface area contributed by atoms with Crippen LogP contribution in [0.2, 0.25) is 0 Å². The number of aromatic amines is 2. The molecule has 0 saturated carbocycles. The highest BCUT2D eigenvalue weighted by Crippen LogP contribution is 2.39. The van der Waals surface area contributed by atoms with E-state index in [4.69, 9.17) is 0 Å². The minimum absolute atomic E-state index is 0.223. The number of nitrogens with one attached hydrogen (secondary N) is 4. The van der Waals surface area contributed by atoms with E-state index in [2.05, 4.69) is 30.6 Å². The average Bonchev–Trinajstić information content (AvgIpc) is 3.52. The molecular weight excluding hydrogens is 468 g/mol. The number of carbonyl (C=O) groups is 1. The number of hydrogen-bond donors (Lipinski definition) is 4. The van der Waals surface area contributed by atoms with E-state index in [0.29, 0.717) is 23.5 Å². The smallest absolute Gasteiger partial charge is 0.280 e. The topological polar surface area (TPSA) is 116 Å². The molecule has 1 atom stereocenters. The van der Waals surface area contributed by atoms with E-state index in [9.17, 15) is 9.59 Å². The summed E-state index contributed by atoms with van der Waals surface area (Å²) >= 11 is 0. The molecule has 2 aromatic rings. The van der Waals surface area contributed by atoms with Crippen LogP contribution >= 0.6 is 21.6 Å². The van der Waals surface area contributed by atoms with Gasteiger partial charge in [0.05, 0.1) is 6.33 Å². The standard InChI is InChI=1S/C24H40N6O2S2/c31-20(13-9-8-12-19-14-17-33-34-19)25-15-10-6-4-2-1-3-5-7-11-16-26-24-29-22-21(23(32)30-24)27-18-28-22/h18-19H,1-17H2,(H,25,31)(H3,26,27,28,29,30,32). The van der Waals surface area contributed by atoms with E-state index in [1.165, 1.54) is 76.3 Å². The summed E-state index contributed by atoms with van der Waals surface area (Å²) in [6.45, 7) is 1.63. The normalized spacial score (nSPS) is 15.7. The lowest BCUT2D eigenvalue weighted by atomic mass is 10.1. The number of anilines is 1. The summed E-state index contributed by atoms with van der Waals surface area (Å²) in [4.78, 5) is 37.6. The molecule has 3 heterocycles. The van der Waals surface area contributed by atoms with Gasteiger partial charge in [-0.15, -0.1) is 0 Å². The quantitative estimate of drug-likeness (QED) is 0.157. The van der Waals surface area contributed by atoms with E-state index in [0.717, 1.165) is 37.6 Å². The molecule has 190 valence electrons. The highest BCUT2D eigenvalue weighted by atomic mass is 33.1. The third-order valence-electron chi connectivity index (χ3n) is 6.17. The second-order valence-corrected chi connectivity index (χ2v) is 11.8. The maximum absolute atomic E-state index is 11.9. The van der Waals surface area contributed by atoms with E-state index in [-0.39, 0.29) is 11.5 Å². The first-order valence-electron chi connectivity index (χ1n) is 12.9. The zero-order chi connectivity index (χ0) is 23.8. The van der Waals surface area contributed by atoms with Crippen LogP contribution in [-0.4, -0.2) is 49.9 Å². The molecule has 8 nitrogen and oxygen atoms in total. The first-order chi connectivity index (χ1) is 16.7. The molecule has 0 aliphatic carbocycles. The molecule has 10 heteroatoms. The summed E-state index contributed by atoms with van der Waals surface area (Å²) in [5, 5.41) is 7.09. The molecule has 1 unspecified atom stereocenters. The van der Waals surface area contributed by atoms with Crippen LogP contribution < -0.4 is 16.2 Å². The van der Waals surface area contributed by atoms with E-state index >= 15 is 0 Å². The fourth-order valence-corrected chi connectivity index (χ4v) is 7.19. The molecule has 0 bridgehead atoms. The number of fused-ring (bicyclic) bond motifs is 1. The van der Waals surface area contributed by atoms with Gasteiger partial charge in [0, 0.05) is 30.5 Å². The van der Waals surface area contributed by atoms with E-state index in [1.54, 1.807) is 0 Å². The van der Waals surface area contributed by atoms with Crippen LogP contribution in [0, 0.1) is 0 Å². The Morgan fingerprint density at radius 1 is 1.00 bits per heavy atom. The second kappa shape index (κ2) is 16.1. The zero-order valence-corrected chi connectivity index (χ0v) is 21.8. The van der Waals surface area contributed by atoms with Gasteiger partial charge in [0.25, 0.3) is 5.56 Å². The lowest BCUT2D eigenvalue weighted by Crippen LogP contribution is -2.24. The van der Waals surface area contributed by atoms with E-state index in [1.807, 2.05) is 21.6 Å². The molecule has 0 aromatic carbocycles. The molecule has 1 aliphatic rings. The van der Waals surface area contributed by atoms with Crippen LogP contribution in [0.1, 0.15) is 89.9 Å². The monoisotopic (exact) mass is 508 g/mol. The highest BCUT2D eigenvalue weighted by molar-refractivity contribution is 8.77. The van der Waals surface area contributed by atoms with Gasteiger partial charge in [-0.1, -0.05) is 73.0 Å². The summed E-state index contributed by atoms with van der Waals surface area (Å²) in [6.07, 6.45) is 17.8. The number of aromatic nitrogens is 4. The third-order valence-corrected chi connectivity index (χ3v) is 9.17. The fourth-order valence-electron chi connectivity index (χ4n) is 4.16. The SMILES string of the molecule is O=C(CCCCC1CCSS1)NCCCCCCCCCCCNc1nc2[nH]cnc2c(=O)[nH]1. The number of hydrogen-bond acceptors (Lipinski definition) is 7. The summed E-state index contributed by atoms with van der Waals surface area (Å²) in [7, 11) is 4.02. The van der Waals surface area contributed by atoms with Gasteiger partial charge in [-0.25, -0.2) is 4.98 Å². The molecule has 1 aliphatic heterocycles. The first kappa shape index (κ1) is 26.9. The van der Waals surface area contributed by atoms with Gasteiger partial charge in [-0.3, -0.25) is 14.6 Å². The summed E-state index contributed by atoms with van der Waals surface area (Å²) < 4.78 is 0. The van der Waals surface area contributed by atoms with Crippen molar-refractivity contribution in [3.63, 3.8) is 0 Å². The predicted molar refractivity (Wildman–Crippen MR) is 144 cm³/mol. The van der Waals surface area contributed by atoms with E-state index < -0.39 is 0 Å². The molecule has 3 rings (SSSR count). The number of carbonyl (C=O) groups excluding carboxylic acids is 1. The number of H-pyrrole nitrogens is 2. The molecule has 0 radical (unpaired) electrons. The van der Waals surface area contributed by atoms with Crippen molar-refractivity contribution in [2.75, 3.05) is 24.2 Å². The van der Waals surface area contributed by atoms with Crippen LogP contribution in [0.3, 0.4) is 0 Å². The van der Waals surface area contributed by atoms with Crippen molar-refractivity contribution in [3.05, 3.63) is 16.7 Å². The van der Waals surface area contributed by atoms with Crippen LogP contribution in [0.15, 0.2) is 11.1 Å². The van der Waals surface area contributed by atoms with Crippen molar-refractivity contribution in [3.8, 4) is 0 Å². The third kappa shape index (κ3) is 10.3. The Morgan fingerprint density at radius 3 is 2.47 bits per heavy atom. The van der Waals surface area contributed by atoms with Gasteiger partial charge in [-0.2, -0.15) is 4.98 Å². The lowest BCUT2D eigenvalue weighted by Gasteiger charge is -2.08.